The van der Waals surface area contributed by atoms with Crippen molar-refractivity contribution in [3.63, 3.8) is 0 Å². The van der Waals surface area contributed by atoms with E-state index < -0.39 is 0 Å². The third-order valence-corrected chi connectivity index (χ3v) is 4.64. The molecule has 0 bridgehead atoms. The minimum atomic E-state index is 0.0121. The second kappa shape index (κ2) is 8.11. The maximum Gasteiger partial charge on any atom is 0.220 e. The normalized spacial score (nSPS) is 21.4. The number of amides is 1. The maximum absolute atomic E-state index is 12.1. The lowest BCUT2D eigenvalue weighted by Crippen LogP contribution is -2.37. The van der Waals surface area contributed by atoms with Crippen LogP contribution < -0.4 is 5.32 Å². The van der Waals surface area contributed by atoms with E-state index in [9.17, 15) is 9.59 Å². The lowest BCUT2D eigenvalue weighted by molar-refractivity contribution is -0.122. The summed E-state index contributed by atoms with van der Waals surface area (Å²) in [7, 11) is 0. The molecule has 1 fully saturated rings. The van der Waals surface area contributed by atoms with Gasteiger partial charge in [0.2, 0.25) is 5.91 Å². The van der Waals surface area contributed by atoms with E-state index in [4.69, 9.17) is 0 Å². The van der Waals surface area contributed by atoms with Crippen molar-refractivity contribution in [3.8, 4) is 0 Å². The Morgan fingerprint density at radius 3 is 2.27 bits per heavy atom. The van der Waals surface area contributed by atoms with Gasteiger partial charge in [-0.3, -0.25) is 9.59 Å². The summed E-state index contributed by atoms with van der Waals surface area (Å²) in [4.78, 5) is 24.1. The van der Waals surface area contributed by atoms with Gasteiger partial charge in [0.05, 0.1) is 0 Å². The summed E-state index contributed by atoms with van der Waals surface area (Å²) in [5.74, 6) is 0.842. The summed E-state index contributed by atoms with van der Waals surface area (Å²) in [5, 5.41) is 3.07. The number of ketones is 1. The van der Waals surface area contributed by atoms with Gasteiger partial charge in [-0.1, -0.05) is 38.1 Å². The van der Waals surface area contributed by atoms with Crippen LogP contribution in [0.4, 0.5) is 0 Å². The average molecular weight is 301 g/mol. The molecule has 22 heavy (non-hydrogen) atoms. The molecular weight excluding hydrogens is 274 g/mol. The Bertz CT molecular complexity index is 499. The van der Waals surface area contributed by atoms with Gasteiger partial charge in [-0.15, -0.1) is 0 Å². The fourth-order valence-electron chi connectivity index (χ4n) is 3.00. The Morgan fingerprint density at radius 2 is 1.68 bits per heavy atom. The summed E-state index contributed by atoms with van der Waals surface area (Å²) in [6.45, 7) is 4.35. The molecule has 1 N–H and O–H groups in total. The number of rotatable bonds is 6. The highest BCUT2D eigenvalue weighted by molar-refractivity contribution is 5.97. The van der Waals surface area contributed by atoms with E-state index in [2.05, 4.69) is 19.2 Å². The van der Waals surface area contributed by atoms with Crippen LogP contribution in [0.3, 0.4) is 0 Å². The van der Waals surface area contributed by atoms with Crippen molar-refractivity contribution < 1.29 is 9.59 Å². The summed E-state index contributed by atoms with van der Waals surface area (Å²) in [6, 6.07) is 8.00. The van der Waals surface area contributed by atoms with Crippen LogP contribution in [0.25, 0.3) is 0 Å². The predicted octanol–water partition coefficient (Wildman–Crippen LogP) is 3.91. The first-order chi connectivity index (χ1) is 10.6. The van der Waals surface area contributed by atoms with Crippen LogP contribution in [0.15, 0.2) is 24.3 Å². The van der Waals surface area contributed by atoms with Crippen molar-refractivity contribution in [2.45, 2.75) is 64.8 Å². The molecule has 1 aliphatic rings. The van der Waals surface area contributed by atoms with Gasteiger partial charge in [0.1, 0.15) is 0 Å². The highest BCUT2D eigenvalue weighted by Gasteiger charge is 2.20. The van der Waals surface area contributed by atoms with Gasteiger partial charge < -0.3 is 5.32 Å². The second-order valence-corrected chi connectivity index (χ2v) is 6.50. The molecule has 0 unspecified atom stereocenters. The molecule has 1 aliphatic carbocycles. The van der Waals surface area contributed by atoms with Gasteiger partial charge in [-0.25, -0.2) is 0 Å². The van der Waals surface area contributed by atoms with Gasteiger partial charge in [-0.2, -0.15) is 0 Å². The lowest BCUT2D eigenvalue weighted by Gasteiger charge is -2.26. The van der Waals surface area contributed by atoms with Gasteiger partial charge >= 0.3 is 0 Å². The zero-order valence-electron chi connectivity index (χ0n) is 13.7. The third-order valence-electron chi connectivity index (χ3n) is 4.64. The zero-order chi connectivity index (χ0) is 15.9. The molecule has 0 aliphatic heterocycles. The molecule has 3 nitrogen and oxygen atoms in total. The zero-order valence-corrected chi connectivity index (χ0v) is 13.7. The number of nitrogens with one attached hydrogen (secondary N) is 1. The van der Waals surface area contributed by atoms with E-state index >= 15 is 0 Å². The fourth-order valence-corrected chi connectivity index (χ4v) is 3.00. The summed E-state index contributed by atoms with van der Waals surface area (Å²) in [5.41, 5.74) is 1.93. The van der Waals surface area contributed by atoms with Crippen LogP contribution in [0.1, 0.15) is 68.3 Å². The van der Waals surface area contributed by atoms with Crippen LogP contribution in [0, 0.1) is 5.92 Å². The molecule has 0 atom stereocenters. The highest BCUT2D eigenvalue weighted by Crippen LogP contribution is 2.23. The molecule has 1 aromatic rings. The van der Waals surface area contributed by atoms with E-state index in [0.717, 1.165) is 25.2 Å². The van der Waals surface area contributed by atoms with Crippen molar-refractivity contribution in [1.29, 1.82) is 0 Å². The molecule has 2 rings (SSSR count). The molecule has 0 radical (unpaired) electrons. The fraction of sp³-hybridized carbons (Fsp3) is 0.579. The van der Waals surface area contributed by atoms with Crippen molar-refractivity contribution in [1.82, 2.24) is 5.32 Å². The first-order valence-electron chi connectivity index (χ1n) is 8.50. The first-order valence-corrected chi connectivity index (χ1v) is 8.50. The van der Waals surface area contributed by atoms with E-state index in [1.165, 1.54) is 18.4 Å². The minimum absolute atomic E-state index is 0.0121. The Kier molecular flexibility index (Phi) is 6.17. The third kappa shape index (κ3) is 4.97. The molecule has 120 valence electrons. The van der Waals surface area contributed by atoms with Crippen molar-refractivity contribution in [2.24, 2.45) is 5.92 Å². The Hall–Kier alpha value is -1.64. The summed E-state index contributed by atoms with van der Waals surface area (Å²) >= 11 is 0. The number of carbonyl (C=O) groups excluding carboxylic acids is 2. The molecule has 1 saturated carbocycles. The van der Waals surface area contributed by atoms with Crippen molar-refractivity contribution in [3.05, 3.63) is 35.4 Å². The van der Waals surface area contributed by atoms with Crippen LogP contribution in [0.5, 0.6) is 0 Å². The molecule has 0 heterocycles. The van der Waals surface area contributed by atoms with Gasteiger partial charge in [0, 0.05) is 24.4 Å². The molecule has 1 aromatic carbocycles. The quantitative estimate of drug-likeness (QED) is 0.810. The largest absolute Gasteiger partial charge is 0.353 e. The van der Waals surface area contributed by atoms with Crippen LogP contribution in [-0.2, 0) is 11.2 Å². The average Bonchev–Trinajstić information content (AvgIpc) is 2.55. The van der Waals surface area contributed by atoms with Gasteiger partial charge in [-0.05, 0) is 43.6 Å². The number of hydrogen-bond acceptors (Lipinski definition) is 2. The lowest BCUT2D eigenvalue weighted by atomic mass is 9.87. The van der Waals surface area contributed by atoms with E-state index in [-0.39, 0.29) is 11.7 Å². The monoisotopic (exact) mass is 301 g/mol. The standard InChI is InChI=1S/C19H27NO2/c1-3-15-6-8-16(9-7-15)18(21)12-13-19(22)20-17-10-4-14(2)5-11-17/h6-9,14,17H,3-5,10-13H2,1-2H3,(H,20,22). The van der Waals surface area contributed by atoms with Gasteiger partial charge in [0.15, 0.2) is 5.78 Å². The Labute approximate surface area is 133 Å². The summed E-state index contributed by atoms with van der Waals surface area (Å²) < 4.78 is 0. The summed E-state index contributed by atoms with van der Waals surface area (Å²) in [6.07, 6.45) is 6.07. The van der Waals surface area contributed by atoms with E-state index in [0.29, 0.717) is 24.4 Å². The molecule has 1 amide bonds. The SMILES string of the molecule is CCc1ccc(C(=O)CCC(=O)NC2CCC(C)CC2)cc1. The molecule has 0 aromatic heterocycles. The number of carbonyl (C=O) groups is 2. The van der Waals surface area contributed by atoms with Crippen LogP contribution in [-0.4, -0.2) is 17.7 Å². The highest BCUT2D eigenvalue weighted by atomic mass is 16.2. The second-order valence-electron chi connectivity index (χ2n) is 6.50. The Morgan fingerprint density at radius 1 is 1.05 bits per heavy atom. The number of Topliss-reactive ketones (excluding diaryl/α,β-unsaturated/α-hetero) is 1. The minimum Gasteiger partial charge on any atom is -0.353 e. The number of aryl methyl sites for hydroxylation is 1. The molecule has 0 spiro atoms. The molecule has 3 heteroatoms. The van der Waals surface area contributed by atoms with E-state index in [1.54, 1.807) is 0 Å². The van der Waals surface area contributed by atoms with Crippen molar-refractivity contribution >= 4 is 11.7 Å². The van der Waals surface area contributed by atoms with Gasteiger partial charge in [0.25, 0.3) is 0 Å². The predicted molar refractivity (Wildman–Crippen MR) is 88.9 cm³/mol. The van der Waals surface area contributed by atoms with Crippen LogP contribution in [0.2, 0.25) is 0 Å². The van der Waals surface area contributed by atoms with Crippen LogP contribution >= 0.6 is 0 Å². The maximum atomic E-state index is 12.1. The molecular formula is C19H27NO2. The Balaban J connectivity index is 1.74. The first kappa shape index (κ1) is 16.7. The number of hydrogen-bond donors (Lipinski definition) is 1. The van der Waals surface area contributed by atoms with E-state index in [1.807, 2.05) is 24.3 Å². The smallest absolute Gasteiger partial charge is 0.220 e. The molecule has 0 saturated heterocycles. The number of benzene rings is 1. The van der Waals surface area contributed by atoms with Crippen molar-refractivity contribution in [2.75, 3.05) is 0 Å². The topological polar surface area (TPSA) is 46.2 Å².